The first kappa shape index (κ1) is 49.4. The van der Waals surface area contributed by atoms with E-state index < -0.39 is 41.9 Å². The van der Waals surface area contributed by atoms with Crippen LogP contribution in [0, 0.1) is 5.41 Å². The SMILES string of the molecule is CCCCCCCCCCCCCCCCNS(=O)(=O)c1cc(NC(C)=O)c(Cl)c(Oc2ccc(S(=O)(=O)c3ccc(OCc4ccccc4)cc3)cc2)c1C(=O)C(C)(C)C. The molecule has 0 aliphatic heterocycles. The number of Topliss-reactive ketones (excluding diaryl/α,β-unsaturated/α-hetero) is 1. The summed E-state index contributed by atoms with van der Waals surface area (Å²) in [5.41, 5.74) is -0.451. The molecule has 4 rings (SSSR count). The summed E-state index contributed by atoms with van der Waals surface area (Å²) in [6.45, 7) is 8.91. The number of ketones is 1. The molecule has 0 unspecified atom stereocenters. The number of ether oxygens (including phenoxy) is 2. The van der Waals surface area contributed by atoms with Gasteiger partial charge in [0.15, 0.2) is 11.5 Å². The summed E-state index contributed by atoms with van der Waals surface area (Å²) in [4.78, 5) is 26.0. The standard InChI is InChI=1S/C48H63ClN2O8S2/c1-6-7-8-9-10-11-12-13-14-15-16-17-18-22-33-50-61(56,57)43-34-42(51-36(2)52)45(49)46(44(43)47(53)48(3,4)5)59-39-27-31-41(32-28-39)60(54,55)40-29-25-38(26-30-40)58-35-37-23-20-19-21-24-37/h19-21,23-32,34,50H,6-18,22,33,35H2,1-5H3,(H,51,52). The summed E-state index contributed by atoms with van der Waals surface area (Å²) in [5.74, 6) is -0.784. The lowest BCUT2D eigenvalue weighted by atomic mass is 9.86. The van der Waals surface area contributed by atoms with E-state index in [-0.39, 0.29) is 44.1 Å². The number of nitrogens with one attached hydrogen (secondary N) is 2. The minimum atomic E-state index is -4.33. The fraction of sp³-hybridized carbons (Fsp3) is 0.458. The molecule has 0 radical (unpaired) electrons. The lowest BCUT2D eigenvalue weighted by molar-refractivity contribution is -0.114. The Balaban J connectivity index is 1.47. The van der Waals surface area contributed by atoms with Crippen molar-refractivity contribution in [1.29, 1.82) is 0 Å². The molecule has 4 aromatic carbocycles. The van der Waals surface area contributed by atoms with Crippen LogP contribution in [0.25, 0.3) is 0 Å². The van der Waals surface area contributed by atoms with Crippen LogP contribution in [0.3, 0.4) is 0 Å². The second kappa shape index (κ2) is 23.8. The van der Waals surface area contributed by atoms with E-state index in [4.69, 9.17) is 21.1 Å². The first-order valence-electron chi connectivity index (χ1n) is 21.5. The molecule has 332 valence electrons. The number of hydrogen-bond acceptors (Lipinski definition) is 8. The number of sulfonamides is 1. The highest BCUT2D eigenvalue weighted by molar-refractivity contribution is 7.91. The fourth-order valence-electron chi connectivity index (χ4n) is 6.79. The number of anilines is 1. The van der Waals surface area contributed by atoms with Crippen LogP contribution in [0.2, 0.25) is 5.02 Å². The first-order chi connectivity index (χ1) is 29.0. The molecule has 13 heteroatoms. The predicted octanol–water partition coefficient (Wildman–Crippen LogP) is 12.5. The van der Waals surface area contributed by atoms with Crippen LogP contribution in [-0.2, 0) is 31.3 Å². The maximum atomic E-state index is 14.1. The van der Waals surface area contributed by atoms with E-state index in [2.05, 4.69) is 17.0 Å². The highest BCUT2D eigenvalue weighted by atomic mass is 35.5. The number of sulfone groups is 1. The van der Waals surface area contributed by atoms with Gasteiger partial charge < -0.3 is 14.8 Å². The van der Waals surface area contributed by atoms with Crippen molar-refractivity contribution in [2.24, 2.45) is 5.41 Å². The summed E-state index contributed by atoms with van der Waals surface area (Å²) < 4.78 is 69.9. The average molecular weight is 896 g/mol. The topological polar surface area (TPSA) is 145 Å². The van der Waals surface area contributed by atoms with E-state index in [9.17, 15) is 26.4 Å². The Morgan fingerprint density at radius 2 is 1.16 bits per heavy atom. The van der Waals surface area contributed by atoms with Gasteiger partial charge in [0.2, 0.25) is 25.8 Å². The third-order valence-electron chi connectivity index (χ3n) is 10.3. The molecule has 0 fully saturated rings. The van der Waals surface area contributed by atoms with Gasteiger partial charge >= 0.3 is 0 Å². The third kappa shape index (κ3) is 15.3. The summed E-state index contributed by atoms with van der Waals surface area (Å²) in [7, 11) is -8.29. The van der Waals surface area contributed by atoms with Gasteiger partial charge in [0.1, 0.15) is 23.1 Å². The molecule has 0 heterocycles. The Hall–Kier alpha value is -4.23. The van der Waals surface area contributed by atoms with Gasteiger partial charge in [-0.1, -0.05) is 153 Å². The number of amides is 1. The smallest absolute Gasteiger partial charge is 0.241 e. The van der Waals surface area contributed by atoms with E-state index >= 15 is 0 Å². The van der Waals surface area contributed by atoms with Gasteiger partial charge in [-0.25, -0.2) is 21.6 Å². The molecular formula is C48H63ClN2O8S2. The van der Waals surface area contributed by atoms with Gasteiger partial charge in [0.25, 0.3) is 0 Å². The quantitative estimate of drug-likeness (QED) is 0.0468. The van der Waals surface area contributed by atoms with Crippen molar-refractivity contribution in [2.45, 2.75) is 146 Å². The summed E-state index contributed by atoms with van der Waals surface area (Å²) in [6.07, 6.45) is 16.4. The van der Waals surface area contributed by atoms with Crippen molar-refractivity contribution >= 4 is 48.8 Å². The average Bonchev–Trinajstić information content (AvgIpc) is 3.22. The van der Waals surface area contributed by atoms with E-state index in [1.165, 1.54) is 107 Å². The second-order valence-corrected chi connectivity index (χ2v) is 20.6. The van der Waals surface area contributed by atoms with Gasteiger partial charge in [0.05, 0.1) is 25.9 Å². The van der Waals surface area contributed by atoms with Crippen LogP contribution < -0.4 is 19.5 Å². The van der Waals surface area contributed by atoms with Crippen molar-refractivity contribution in [1.82, 2.24) is 4.72 Å². The van der Waals surface area contributed by atoms with E-state index in [0.717, 1.165) is 31.2 Å². The number of halogens is 1. The molecule has 0 aliphatic rings. The molecule has 0 bridgehead atoms. The maximum absolute atomic E-state index is 14.1. The van der Waals surface area contributed by atoms with Gasteiger partial charge in [0, 0.05) is 18.9 Å². The Kier molecular flexibility index (Phi) is 19.3. The van der Waals surface area contributed by atoms with Crippen LogP contribution in [0.15, 0.2) is 99.6 Å². The monoisotopic (exact) mass is 894 g/mol. The van der Waals surface area contributed by atoms with E-state index in [1.54, 1.807) is 32.9 Å². The van der Waals surface area contributed by atoms with Crippen molar-refractivity contribution < 1.29 is 35.9 Å². The normalized spacial score (nSPS) is 12.0. The Bertz CT molecular complexity index is 2240. The van der Waals surface area contributed by atoms with Gasteiger partial charge in [-0.15, -0.1) is 0 Å². The van der Waals surface area contributed by atoms with E-state index in [1.807, 2.05) is 30.3 Å². The Morgan fingerprint density at radius 1 is 0.672 bits per heavy atom. The Morgan fingerprint density at radius 3 is 1.66 bits per heavy atom. The molecule has 0 atom stereocenters. The zero-order valence-corrected chi connectivity index (χ0v) is 38.7. The van der Waals surface area contributed by atoms with Gasteiger partial charge in [-0.05, 0) is 66.6 Å². The van der Waals surface area contributed by atoms with Crippen molar-refractivity contribution in [3.05, 3.63) is 101 Å². The second-order valence-electron chi connectivity index (χ2n) is 16.5. The molecule has 4 aromatic rings. The highest BCUT2D eigenvalue weighted by Crippen LogP contribution is 2.44. The minimum Gasteiger partial charge on any atom is -0.489 e. The molecule has 0 aromatic heterocycles. The van der Waals surface area contributed by atoms with Crippen LogP contribution >= 0.6 is 11.6 Å². The number of rotatable bonds is 26. The van der Waals surface area contributed by atoms with Crippen molar-refractivity contribution in [2.75, 3.05) is 11.9 Å². The number of benzene rings is 4. The lowest BCUT2D eigenvalue weighted by Crippen LogP contribution is -2.30. The molecule has 1 amide bonds. The lowest BCUT2D eigenvalue weighted by Gasteiger charge is -2.24. The molecule has 0 spiro atoms. The van der Waals surface area contributed by atoms with Crippen LogP contribution in [0.4, 0.5) is 5.69 Å². The van der Waals surface area contributed by atoms with E-state index in [0.29, 0.717) is 18.8 Å². The molecule has 0 saturated carbocycles. The van der Waals surface area contributed by atoms with Gasteiger partial charge in [-0.3, -0.25) is 9.59 Å². The van der Waals surface area contributed by atoms with Crippen LogP contribution in [0.5, 0.6) is 17.2 Å². The zero-order valence-electron chi connectivity index (χ0n) is 36.4. The number of carbonyl (C=O) groups is 2. The molecule has 0 saturated heterocycles. The summed E-state index contributed by atoms with van der Waals surface area (Å²) in [6, 6.07) is 22.4. The highest BCUT2D eigenvalue weighted by Gasteiger charge is 2.36. The summed E-state index contributed by atoms with van der Waals surface area (Å²) >= 11 is 6.81. The van der Waals surface area contributed by atoms with Crippen LogP contribution in [-0.4, -0.2) is 35.1 Å². The zero-order chi connectivity index (χ0) is 44.5. The largest absolute Gasteiger partial charge is 0.489 e. The first-order valence-corrected chi connectivity index (χ1v) is 24.9. The number of unbranched alkanes of at least 4 members (excludes halogenated alkanes) is 13. The van der Waals surface area contributed by atoms with Crippen molar-refractivity contribution in [3.8, 4) is 17.2 Å². The molecule has 10 nitrogen and oxygen atoms in total. The number of hydrogen-bond donors (Lipinski definition) is 2. The predicted molar refractivity (Wildman–Crippen MR) is 244 cm³/mol. The fourth-order valence-corrected chi connectivity index (χ4v) is 9.58. The molecular weight excluding hydrogens is 832 g/mol. The maximum Gasteiger partial charge on any atom is 0.241 e. The van der Waals surface area contributed by atoms with Gasteiger partial charge in [-0.2, -0.15) is 0 Å². The molecule has 2 N–H and O–H groups in total. The molecule has 61 heavy (non-hydrogen) atoms. The van der Waals surface area contributed by atoms with Crippen LogP contribution in [0.1, 0.15) is 140 Å². The minimum absolute atomic E-state index is 0.0298. The number of carbonyl (C=O) groups excluding carboxylic acids is 2. The Labute approximate surface area is 369 Å². The summed E-state index contributed by atoms with van der Waals surface area (Å²) in [5, 5.41) is 2.37. The third-order valence-corrected chi connectivity index (χ3v) is 13.9. The molecule has 0 aliphatic carbocycles. The van der Waals surface area contributed by atoms with Crippen molar-refractivity contribution in [3.63, 3.8) is 0 Å².